The summed E-state index contributed by atoms with van der Waals surface area (Å²) >= 11 is 7.53. The van der Waals surface area contributed by atoms with Crippen molar-refractivity contribution in [2.75, 3.05) is 6.26 Å². The lowest BCUT2D eigenvalue weighted by atomic mass is 10.2. The zero-order valence-electron chi connectivity index (χ0n) is 11.5. The third-order valence-corrected chi connectivity index (χ3v) is 3.69. The zero-order chi connectivity index (χ0) is 15.5. The largest absolute Gasteiger partial charge is 0.404 e. The first-order valence-corrected chi connectivity index (χ1v) is 7.92. The molecule has 110 valence electrons. The Labute approximate surface area is 135 Å². The van der Waals surface area contributed by atoms with E-state index >= 15 is 0 Å². The van der Waals surface area contributed by atoms with Gasteiger partial charge in [0.25, 0.3) is 0 Å². The van der Waals surface area contributed by atoms with Gasteiger partial charge in [-0.2, -0.15) is 4.98 Å². The minimum Gasteiger partial charge on any atom is -0.404 e. The first-order chi connectivity index (χ1) is 10.7. The van der Waals surface area contributed by atoms with Gasteiger partial charge in [-0.15, -0.1) is 0 Å². The predicted octanol–water partition coefficient (Wildman–Crippen LogP) is 3.62. The van der Waals surface area contributed by atoms with Crippen LogP contribution in [0.2, 0.25) is 5.15 Å². The molecule has 0 N–H and O–H groups in total. The summed E-state index contributed by atoms with van der Waals surface area (Å²) in [5.41, 5.74) is 0.968. The van der Waals surface area contributed by atoms with Crippen molar-refractivity contribution < 1.29 is 9.53 Å². The normalized spacial score (nSPS) is 10.6. The molecule has 0 saturated heterocycles. The van der Waals surface area contributed by atoms with Crippen LogP contribution in [-0.4, -0.2) is 27.2 Å². The Balaban J connectivity index is 1.93. The van der Waals surface area contributed by atoms with E-state index in [2.05, 4.69) is 15.0 Å². The van der Waals surface area contributed by atoms with E-state index in [9.17, 15) is 4.79 Å². The zero-order valence-corrected chi connectivity index (χ0v) is 13.1. The molecule has 0 saturated carbocycles. The number of hydrogen-bond acceptors (Lipinski definition) is 6. The predicted molar refractivity (Wildman–Crippen MR) is 85.5 cm³/mol. The van der Waals surface area contributed by atoms with Crippen LogP contribution in [0.25, 0.3) is 10.9 Å². The van der Waals surface area contributed by atoms with Crippen LogP contribution in [0.5, 0.6) is 5.88 Å². The van der Waals surface area contributed by atoms with Crippen molar-refractivity contribution in [3.63, 3.8) is 0 Å². The average Bonchev–Trinajstić information content (AvgIpc) is 2.55. The van der Waals surface area contributed by atoms with Gasteiger partial charge in [-0.1, -0.05) is 41.6 Å². The van der Waals surface area contributed by atoms with E-state index in [1.165, 1.54) is 11.8 Å². The van der Waals surface area contributed by atoms with Gasteiger partial charge < -0.3 is 4.74 Å². The first kappa shape index (κ1) is 14.7. The molecule has 0 aliphatic rings. The second-order valence-corrected chi connectivity index (χ2v) is 5.43. The molecule has 1 aromatic carbocycles. The van der Waals surface area contributed by atoms with Gasteiger partial charge in [-0.05, 0) is 18.4 Å². The molecule has 0 fully saturated rings. The number of thioether (sulfide) groups is 1. The maximum absolute atomic E-state index is 12.0. The van der Waals surface area contributed by atoms with Gasteiger partial charge in [0.05, 0.1) is 5.56 Å². The van der Waals surface area contributed by atoms with Crippen molar-refractivity contribution in [3.05, 3.63) is 53.3 Å². The summed E-state index contributed by atoms with van der Waals surface area (Å²) in [7, 11) is 0. The number of halogens is 1. The average molecular weight is 332 g/mol. The van der Waals surface area contributed by atoms with Gasteiger partial charge in [0, 0.05) is 17.6 Å². The van der Waals surface area contributed by atoms with Crippen LogP contribution in [0, 0.1) is 0 Å². The summed E-state index contributed by atoms with van der Waals surface area (Å²) in [6.45, 7) is 0. The van der Waals surface area contributed by atoms with Gasteiger partial charge >= 0.3 is 5.97 Å². The lowest BCUT2D eigenvalue weighted by Crippen LogP contribution is -2.09. The smallest absolute Gasteiger partial charge is 0.344 e. The Bertz CT molecular complexity index is 843. The summed E-state index contributed by atoms with van der Waals surface area (Å²) in [5.74, 6) is -0.378. The Morgan fingerprint density at radius 2 is 2.00 bits per heavy atom. The highest BCUT2D eigenvalue weighted by molar-refractivity contribution is 7.98. The molecule has 3 rings (SSSR count). The molecule has 0 aliphatic carbocycles. The molecule has 2 aromatic heterocycles. The number of nitrogens with zero attached hydrogens (tertiary/aromatic N) is 3. The van der Waals surface area contributed by atoms with E-state index in [1.807, 2.05) is 12.3 Å². The van der Waals surface area contributed by atoms with Crippen molar-refractivity contribution in [1.82, 2.24) is 15.0 Å². The van der Waals surface area contributed by atoms with Gasteiger partial charge in [0.15, 0.2) is 10.3 Å². The minimum absolute atomic E-state index is 0.117. The van der Waals surface area contributed by atoms with E-state index in [1.54, 1.807) is 36.5 Å². The molecule has 7 heteroatoms. The van der Waals surface area contributed by atoms with Gasteiger partial charge in [-0.3, -0.25) is 0 Å². The van der Waals surface area contributed by atoms with Crippen LogP contribution >= 0.6 is 23.4 Å². The van der Waals surface area contributed by atoms with E-state index in [0.717, 1.165) is 0 Å². The highest BCUT2D eigenvalue weighted by Gasteiger charge is 2.12. The van der Waals surface area contributed by atoms with Crippen LogP contribution in [0.1, 0.15) is 10.4 Å². The van der Waals surface area contributed by atoms with Crippen molar-refractivity contribution in [2.45, 2.75) is 5.16 Å². The van der Waals surface area contributed by atoms with Crippen LogP contribution < -0.4 is 4.74 Å². The second-order valence-electron chi connectivity index (χ2n) is 4.30. The van der Waals surface area contributed by atoms with Crippen molar-refractivity contribution in [1.29, 1.82) is 0 Å². The fraction of sp³-hybridized carbons (Fsp3) is 0.0667. The number of pyridine rings is 1. The number of carbonyl (C=O) groups is 1. The van der Waals surface area contributed by atoms with Crippen LogP contribution in [-0.2, 0) is 0 Å². The van der Waals surface area contributed by atoms with E-state index < -0.39 is 5.97 Å². The first-order valence-electron chi connectivity index (χ1n) is 6.32. The number of hydrogen-bond donors (Lipinski definition) is 0. The highest BCUT2D eigenvalue weighted by atomic mass is 35.5. The summed E-state index contributed by atoms with van der Waals surface area (Å²) in [6, 6.07) is 10.3. The number of esters is 1. The highest BCUT2D eigenvalue weighted by Crippen LogP contribution is 2.25. The molecule has 0 radical (unpaired) electrons. The number of carbonyl (C=O) groups excluding carboxylic acids is 1. The molecule has 0 aliphatic heterocycles. The van der Waals surface area contributed by atoms with Gasteiger partial charge in [0.1, 0.15) is 5.52 Å². The lowest BCUT2D eigenvalue weighted by molar-refractivity contribution is 0.0728. The number of rotatable bonds is 3. The van der Waals surface area contributed by atoms with Crippen molar-refractivity contribution in [2.24, 2.45) is 0 Å². The molecule has 0 amide bonds. The SMILES string of the molecule is CSc1ncc2cc(OC(=O)c3ccccc3)nc(Cl)c2n1. The third-order valence-electron chi connectivity index (χ3n) is 2.87. The second kappa shape index (κ2) is 6.29. The topological polar surface area (TPSA) is 65.0 Å². The van der Waals surface area contributed by atoms with Crippen LogP contribution in [0.3, 0.4) is 0 Å². The molecule has 0 unspecified atom stereocenters. The lowest BCUT2D eigenvalue weighted by Gasteiger charge is -2.06. The van der Waals surface area contributed by atoms with E-state index in [-0.39, 0.29) is 11.0 Å². The molecule has 0 spiro atoms. The van der Waals surface area contributed by atoms with E-state index in [4.69, 9.17) is 16.3 Å². The summed E-state index contributed by atoms with van der Waals surface area (Å²) in [4.78, 5) is 24.5. The number of fused-ring (bicyclic) bond motifs is 1. The molecule has 22 heavy (non-hydrogen) atoms. The Morgan fingerprint density at radius 3 is 2.73 bits per heavy atom. The molecule has 5 nitrogen and oxygen atoms in total. The minimum atomic E-state index is -0.495. The third kappa shape index (κ3) is 3.03. The fourth-order valence-electron chi connectivity index (χ4n) is 1.84. The molecule has 2 heterocycles. The maximum Gasteiger partial charge on any atom is 0.344 e. The summed E-state index contributed by atoms with van der Waals surface area (Å²) < 4.78 is 5.25. The quantitative estimate of drug-likeness (QED) is 0.316. The fourth-order valence-corrected chi connectivity index (χ4v) is 2.41. The number of benzene rings is 1. The number of aromatic nitrogens is 3. The monoisotopic (exact) mass is 331 g/mol. The van der Waals surface area contributed by atoms with Gasteiger partial charge in [0.2, 0.25) is 5.88 Å². The van der Waals surface area contributed by atoms with E-state index in [0.29, 0.717) is 21.6 Å². The van der Waals surface area contributed by atoms with Crippen LogP contribution in [0.4, 0.5) is 0 Å². The summed E-state index contributed by atoms with van der Waals surface area (Å²) in [6.07, 6.45) is 3.50. The van der Waals surface area contributed by atoms with Crippen molar-refractivity contribution in [3.8, 4) is 5.88 Å². The Kier molecular flexibility index (Phi) is 4.22. The Hall–Kier alpha value is -2.18. The van der Waals surface area contributed by atoms with Crippen LogP contribution in [0.15, 0.2) is 47.8 Å². The number of ether oxygens (including phenoxy) is 1. The Morgan fingerprint density at radius 1 is 1.23 bits per heavy atom. The molecular weight excluding hydrogens is 322 g/mol. The molecule has 0 bridgehead atoms. The molecular formula is C15H10ClN3O2S. The molecule has 0 atom stereocenters. The van der Waals surface area contributed by atoms with Gasteiger partial charge in [-0.25, -0.2) is 14.8 Å². The summed E-state index contributed by atoms with van der Waals surface area (Å²) in [5, 5.41) is 1.44. The molecule has 3 aromatic rings. The van der Waals surface area contributed by atoms with Crippen molar-refractivity contribution >= 4 is 40.2 Å². The standard InChI is InChI=1S/C15H10ClN3O2S/c1-22-15-17-8-10-7-11(18-13(16)12(10)19-15)21-14(20)9-5-3-2-4-6-9/h2-8H,1H3. The maximum atomic E-state index is 12.0.